The summed E-state index contributed by atoms with van der Waals surface area (Å²) in [5, 5.41) is 3.37. The SMILES string of the molecule is Cc1ccc(C)c(Nc2nc(C)cc(N3CCCC3)n2)c1. The van der Waals surface area contributed by atoms with Gasteiger partial charge in [-0.05, 0) is 50.8 Å². The Morgan fingerprint density at radius 3 is 2.52 bits per heavy atom. The van der Waals surface area contributed by atoms with E-state index in [1.807, 2.05) is 6.92 Å². The highest BCUT2D eigenvalue weighted by Gasteiger charge is 2.15. The zero-order valence-corrected chi connectivity index (χ0v) is 13.0. The van der Waals surface area contributed by atoms with Crippen molar-refractivity contribution in [1.29, 1.82) is 0 Å². The molecular weight excluding hydrogens is 260 g/mol. The number of hydrogen-bond donors (Lipinski definition) is 1. The summed E-state index contributed by atoms with van der Waals surface area (Å²) in [5.41, 5.74) is 4.51. The first kappa shape index (κ1) is 13.9. The van der Waals surface area contributed by atoms with Crippen molar-refractivity contribution in [2.45, 2.75) is 33.6 Å². The Labute approximate surface area is 126 Å². The number of aryl methyl sites for hydroxylation is 3. The molecule has 1 saturated heterocycles. The van der Waals surface area contributed by atoms with Crippen LogP contribution in [0, 0.1) is 20.8 Å². The van der Waals surface area contributed by atoms with Crippen LogP contribution >= 0.6 is 0 Å². The molecule has 2 heterocycles. The number of nitrogens with zero attached hydrogens (tertiary/aromatic N) is 3. The molecule has 1 aliphatic rings. The topological polar surface area (TPSA) is 41.1 Å². The first-order valence-corrected chi connectivity index (χ1v) is 7.57. The van der Waals surface area contributed by atoms with Gasteiger partial charge in [-0.1, -0.05) is 12.1 Å². The van der Waals surface area contributed by atoms with E-state index in [1.165, 1.54) is 24.0 Å². The van der Waals surface area contributed by atoms with Crippen molar-refractivity contribution in [3.8, 4) is 0 Å². The lowest BCUT2D eigenvalue weighted by Crippen LogP contribution is -2.19. The number of nitrogens with one attached hydrogen (secondary N) is 1. The molecule has 3 rings (SSSR count). The van der Waals surface area contributed by atoms with Gasteiger partial charge in [0.25, 0.3) is 0 Å². The maximum absolute atomic E-state index is 4.69. The van der Waals surface area contributed by atoms with Gasteiger partial charge in [0.15, 0.2) is 0 Å². The van der Waals surface area contributed by atoms with Crippen molar-refractivity contribution < 1.29 is 0 Å². The van der Waals surface area contributed by atoms with Gasteiger partial charge in [-0.3, -0.25) is 0 Å². The Morgan fingerprint density at radius 1 is 1.00 bits per heavy atom. The summed E-state index contributed by atoms with van der Waals surface area (Å²) >= 11 is 0. The van der Waals surface area contributed by atoms with Crippen LogP contribution in [0.5, 0.6) is 0 Å². The third kappa shape index (κ3) is 3.15. The highest BCUT2D eigenvalue weighted by atomic mass is 15.2. The zero-order chi connectivity index (χ0) is 14.8. The summed E-state index contributed by atoms with van der Waals surface area (Å²) in [5.74, 6) is 1.72. The molecule has 1 aromatic carbocycles. The van der Waals surface area contributed by atoms with Gasteiger partial charge >= 0.3 is 0 Å². The van der Waals surface area contributed by atoms with Gasteiger partial charge in [0.2, 0.25) is 5.95 Å². The van der Waals surface area contributed by atoms with E-state index in [1.54, 1.807) is 0 Å². The Bertz CT molecular complexity index is 645. The molecule has 0 atom stereocenters. The number of aromatic nitrogens is 2. The van der Waals surface area contributed by atoms with E-state index in [0.29, 0.717) is 5.95 Å². The zero-order valence-electron chi connectivity index (χ0n) is 13.0. The first-order valence-electron chi connectivity index (χ1n) is 7.57. The summed E-state index contributed by atoms with van der Waals surface area (Å²) in [6.07, 6.45) is 2.51. The second-order valence-electron chi connectivity index (χ2n) is 5.83. The number of hydrogen-bond acceptors (Lipinski definition) is 4. The largest absolute Gasteiger partial charge is 0.356 e. The Kier molecular flexibility index (Phi) is 3.78. The molecule has 110 valence electrons. The molecule has 1 fully saturated rings. The molecule has 2 aromatic rings. The average Bonchev–Trinajstić information content (AvgIpc) is 2.96. The minimum absolute atomic E-state index is 0.686. The molecule has 4 nitrogen and oxygen atoms in total. The van der Waals surface area contributed by atoms with E-state index >= 15 is 0 Å². The summed E-state index contributed by atoms with van der Waals surface area (Å²) in [4.78, 5) is 11.5. The normalized spacial score (nSPS) is 14.5. The van der Waals surface area contributed by atoms with Crippen LogP contribution in [0.15, 0.2) is 24.3 Å². The molecule has 21 heavy (non-hydrogen) atoms. The lowest BCUT2D eigenvalue weighted by molar-refractivity contribution is 0.923. The van der Waals surface area contributed by atoms with Crippen LogP contribution < -0.4 is 10.2 Å². The second kappa shape index (κ2) is 5.72. The van der Waals surface area contributed by atoms with Crippen LogP contribution in [0.1, 0.15) is 29.7 Å². The number of anilines is 3. The van der Waals surface area contributed by atoms with Gasteiger partial charge < -0.3 is 10.2 Å². The van der Waals surface area contributed by atoms with Crippen molar-refractivity contribution in [2.75, 3.05) is 23.3 Å². The van der Waals surface area contributed by atoms with E-state index in [2.05, 4.69) is 58.3 Å². The van der Waals surface area contributed by atoms with Crippen molar-refractivity contribution in [1.82, 2.24) is 9.97 Å². The highest BCUT2D eigenvalue weighted by Crippen LogP contribution is 2.23. The van der Waals surface area contributed by atoms with Crippen molar-refractivity contribution in [3.05, 3.63) is 41.1 Å². The molecule has 1 aliphatic heterocycles. The van der Waals surface area contributed by atoms with Gasteiger partial charge in [-0.15, -0.1) is 0 Å². The minimum atomic E-state index is 0.686. The quantitative estimate of drug-likeness (QED) is 0.931. The smallest absolute Gasteiger partial charge is 0.229 e. The van der Waals surface area contributed by atoms with Crippen molar-refractivity contribution in [2.24, 2.45) is 0 Å². The van der Waals surface area contributed by atoms with E-state index in [0.717, 1.165) is 30.3 Å². The fourth-order valence-electron chi connectivity index (χ4n) is 2.71. The third-order valence-electron chi connectivity index (χ3n) is 3.91. The fourth-order valence-corrected chi connectivity index (χ4v) is 2.71. The summed E-state index contributed by atoms with van der Waals surface area (Å²) in [7, 11) is 0. The van der Waals surface area contributed by atoms with Crippen molar-refractivity contribution >= 4 is 17.5 Å². The van der Waals surface area contributed by atoms with Crippen LogP contribution in [0.4, 0.5) is 17.5 Å². The number of rotatable bonds is 3. The Hall–Kier alpha value is -2.10. The maximum atomic E-state index is 4.69. The van der Waals surface area contributed by atoms with Gasteiger partial charge in [0, 0.05) is 30.5 Å². The molecule has 0 unspecified atom stereocenters. The van der Waals surface area contributed by atoms with Crippen LogP contribution in [0.3, 0.4) is 0 Å². The third-order valence-corrected chi connectivity index (χ3v) is 3.91. The van der Waals surface area contributed by atoms with E-state index in [9.17, 15) is 0 Å². The molecule has 1 aromatic heterocycles. The summed E-state index contributed by atoms with van der Waals surface area (Å²) in [6.45, 7) is 8.41. The fraction of sp³-hybridized carbons (Fsp3) is 0.412. The molecule has 0 aliphatic carbocycles. The predicted molar refractivity (Wildman–Crippen MR) is 87.4 cm³/mol. The average molecular weight is 282 g/mol. The predicted octanol–water partition coefficient (Wildman–Crippen LogP) is 3.75. The van der Waals surface area contributed by atoms with Gasteiger partial charge in [0.1, 0.15) is 5.82 Å². The molecule has 4 heteroatoms. The molecule has 0 spiro atoms. The molecule has 0 bridgehead atoms. The monoisotopic (exact) mass is 282 g/mol. The molecule has 0 radical (unpaired) electrons. The standard InChI is InChI=1S/C17H22N4/c1-12-6-7-13(2)15(10-12)19-17-18-14(3)11-16(20-17)21-8-4-5-9-21/h6-7,10-11H,4-5,8-9H2,1-3H3,(H,18,19,20). The van der Waals surface area contributed by atoms with Gasteiger partial charge in [0.05, 0.1) is 0 Å². The van der Waals surface area contributed by atoms with E-state index < -0.39 is 0 Å². The maximum Gasteiger partial charge on any atom is 0.229 e. The minimum Gasteiger partial charge on any atom is -0.356 e. The molecule has 0 amide bonds. The van der Waals surface area contributed by atoms with Crippen LogP contribution in [-0.4, -0.2) is 23.1 Å². The van der Waals surface area contributed by atoms with Gasteiger partial charge in [-0.2, -0.15) is 4.98 Å². The van der Waals surface area contributed by atoms with Crippen LogP contribution in [0.25, 0.3) is 0 Å². The molecule has 0 saturated carbocycles. The molecule has 1 N–H and O–H groups in total. The van der Waals surface area contributed by atoms with Crippen LogP contribution in [0.2, 0.25) is 0 Å². The second-order valence-corrected chi connectivity index (χ2v) is 5.83. The lowest BCUT2D eigenvalue weighted by Gasteiger charge is -2.18. The van der Waals surface area contributed by atoms with Crippen molar-refractivity contribution in [3.63, 3.8) is 0 Å². The first-order chi connectivity index (χ1) is 10.1. The van der Waals surface area contributed by atoms with E-state index in [-0.39, 0.29) is 0 Å². The summed E-state index contributed by atoms with van der Waals surface area (Å²) < 4.78 is 0. The summed E-state index contributed by atoms with van der Waals surface area (Å²) in [6, 6.07) is 8.44. The van der Waals surface area contributed by atoms with E-state index in [4.69, 9.17) is 0 Å². The highest BCUT2D eigenvalue weighted by molar-refractivity contribution is 5.60. The number of benzene rings is 1. The lowest BCUT2D eigenvalue weighted by atomic mass is 10.1. The Morgan fingerprint density at radius 2 is 1.76 bits per heavy atom. The van der Waals surface area contributed by atoms with Gasteiger partial charge in [-0.25, -0.2) is 4.98 Å². The molecular formula is C17H22N4. The van der Waals surface area contributed by atoms with Crippen LogP contribution in [-0.2, 0) is 0 Å². The Balaban J connectivity index is 1.89.